The van der Waals surface area contributed by atoms with E-state index in [2.05, 4.69) is 9.97 Å². The van der Waals surface area contributed by atoms with Crippen molar-refractivity contribution < 1.29 is 22.7 Å². The lowest BCUT2D eigenvalue weighted by atomic mass is 9.99. The molecule has 0 amide bonds. The van der Waals surface area contributed by atoms with E-state index in [1.165, 1.54) is 24.4 Å². The minimum atomic E-state index is -3.68. The van der Waals surface area contributed by atoms with Gasteiger partial charge in [0.25, 0.3) is 0 Å². The number of halogens is 1. The third kappa shape index (κ3) is 4.47. The van der Waals surface area contributed by atoms with E-state index in [0.717, 1.165) is 6.26 Å². The van der Waals surface area contributed by atoms with Crippen molar-refractivity contribution in [3.05, 3.63) is 42.0 Å². The number of hydrogen-bond donors (Lipinski definition) is 1. The summed E-state index contributed by atoms with van der Waals surface area (Å²) in [4.78, 5) is 23.3. The second kappa shape index (κ2) is 7.94. The minimum absolute atomic E-state index is 0.0421. The smallest absolute Gasteiger partial charge is 0.354 e. The summed E-state index contributed by atoms with van der Waals surface area (Å²) in [6, 6.07) is 5.40. The SMILES string of the molecule is CC(C)C1CN(c2ccc(F)c(S(C)(=O)=O)c2)CCN1c1nccc(C(=O)O)n1. The maximum atomic E-state index is 14.0. The van der Waals surface area contributed by atoms with Crippen LogP contribution in [0.5, 0.6) is 0 Å². The molecule has 8 nitrogen and oxygen atoms in total. The summed E-state index contributed by atoms with van der Waals surface area (Å²) in [7, 11) is -3.68. The fraction of sp³-hybridized carbons (Fsp3) is 0.421. The van der Waals surface area contributed by atoms with Gasteiger partial charge < -0.3 is 14.9 Å². The highest BCUT2D eigenvalue weighted by Gasteiger charge is 2.32. The van der Waals surface area contributed by atoms with Gasteiger partial charge in [-0.1, -0.05) is 13.8 Å². The van der Waals surface area contributed by atoms with Crippen molar-refractivity contribution in [1.82, 2.24) is 9.97 Å². The van der Waals surface area contributed by atoms with Crippen molar-refractivity contribution in [2.24, 2.45) is 5.92 Å². The number of sulfone groups is 1. The number of nitrogens with zero attached hydrogens (tertiary/aromatic N) is 4. The molecule has 1 unspecified atom stereocenters. The summed E-state index contributed by atoms with van der Waals surface area (Å²) >= 11 is 0. The normalized spacial score (nSPS) is 17.6. The number of rotatable bonds is 5. The van der Waals surface area contributed by atoms with Crippen LogP contribution in [-0.4, -0.2) is 61.4 Å². The molecular formula is C19H23FN4O4S. The van der Waals surface area contributed by atoms with Gasteiger partial charge in [-0.2, -0.15) is 0 Å². The van der Waals surface area contributed by atoms with Crippen molar-refractivity contribution in [1.29, 1.82) is 0 Å². The fourth-order valence-corrected chi connectivity index (χ4v) is 4.20. The molecule has 0 aliphatic carbocycles. The first-order valence-corrected chi connectivity index (χ1v) is 11.0. The molecule has 29 heavy (non-hydrogen) atoms. The molecule has 0 radical (unpaired) electrons. The Kier molecular flexibility index (Phi) is 5.74. The number of carboxylic acids is 1. The Morgan fingerprint density at radius 2 is 2.00 bits per heavy atom. The van der Waals surface area contributed by atoms with Crippen LogP contribution in [-0.2, 0) is 9.84 Å². The lowest BCUT2D eigenvalue weighted by molar-refractivity contribution is 0.0690. The summed E-state index contributed by atoms with van der Waals surface area (Å²) in [6.45, 7) is 5.65. The Morgan fingerprint density at radius 1 is 1.28 bits per heavy atom. The predicted octanol–water partition coefficient (Wildman–Crippen LogP) is 2.07. The van der Waals surface area contributed by atoms with E-state index in [1.54, 1.807) is 6.07 Å². The molecule has 2 heterocycles. The number of anilines is 2. The van der Waals surface area contributed by atoms with E-state index in [0.29, 0.717) is 31.3 Å². The third-order valence-corrected chi connectivity index (χ3v) is 6.10. The Bertz CT molecular complexity index is 1030. The molecule has 0 saturated carbocycles. The van der Waals surface area contributed by atoms with Crippen molar-refractivity contribution in [3.8, 4) is 0 Å². The molecule has 3 rings (SSSR count). The zero-order valence-electron chi connectivity index (χ0n) is 16.4. The van der Waals surface area contributed by atoms with E-state index in [1.807, 2.05) is 23.6 Å². The molecule has 1 aliphatic heterocycles. The van der Waals surface area contributed by atoms with Crippen molar-refractivity contribution in [3.63, 3.8) is 0 Å². The second-order valence-electron chi connectivity index (χ2n) is 7.38. The summed E-state index contributed by atoms with van der Waals surface area (Å²) < 4.78 is 37.7. The predicted molar refractivity (Wildman–Crippen MR) is 107 cm³/mol. The van der Waals surface area contributed by atoms with Crippen LogP contribution in [0.1, 0.15) is 24.3 Å². The minimum Gasteiger partial charge on any atom is -0.477 e. The van der Waals surface area contributed by atoms with Gasteiger partial charge in [-0.25, -0.2) is 27.6 Å². The Balaban J connectivity index is 1.90. The topological polar surface area (TPSA) is 104 Å². The van der Waals surface area contributed by atoms with E-state index >= 15 is 0 Å². The quantitative estimate of drug-likeness (QED) is 0.781. The molecule has 1 N–H and O–H groups in total. The number of piperazine rings is 1. The molecule has 1 aliphatic rings. The Morgan fingerprint density at radius 3 is 2.62 bits per heavy atom. The van der Waals surface area contributed by atoms with Crippen molar-refractivity contribution >= 4 is 27.4 Å². The molecule has 156 valence electrons. The average molecular weight is 422 g/mol. The molecule has 2 aromatic rings. The third-order valence-electron chi connectivity index (χ3n) is 4.99. The Labute approximate surface area is 168 Å². The molecule has 10 heteroatoms. The fourth-order valence-electron chi connectivity index (χ4n) is 3.44. The van der Waals surface area contributed by atoms with Crippen LogP contribution >= 0.6 is 0 Å². The van der Waals surface area contributed by atoms with E-state index in [4.69, 9.17) is 0 Å². The first-order valence-electron chi connectivity index (χ1n) is 9.15. The summed E-state index contributed by atoms with van der Waals surface area (Å²) in [5, 5.41) is 9.19. The van der Waals surface area contributed by atoms with Crippen LogP contribution in [0.25, 0.3) is 0 Å². The van der Waals surface area contributed by atoms with Crippen LogP contribution < -0.4 is 9.80 Å². The van der Waals surface area contributed by atoms with Crippen LogP contribution in [0.4, 0.5) is 16.0 Å². The van der Waals surface area contributed by atoms with Gasteiger partial charge in [-0.05, 0) is 30.2 Å². The van der Waals surface area contributed by atoms with E-state index in [9.17, 15) is 22.7 Å². The van der Waals surface area contributed by atoms with Crippen molar-refractivity contribution in [2.45, 2.75) is 24.8 Å². The Hall–Kier alpha value is -2.75. The van der Waals surface area contributed by atoms with Gasteiger partial charge >= 0.3 is 5.97 Å². The maximum absolute atomic E-state index is 14.0. The van der Waals surface area contributed by atoms with Gasteiger partial charge in [0.15, 0.2) is 15.5 Å². The number of aromatic carboxylic acids is 1. The van der Waals surface area contributed by atoms with Crippen LogP contribution in [0.3, 0.4) is 0 Å². The highest BCUT2D eigenvalue weighted by atomic mass is 32.2. The number of carboxylic acid groups (broad SMARTS) is 1. The molecule has 1 aromatic heterocycles. The molecule has 1 fully saturated rings. The summed E-state index contributed by atoms with van der Waals surface area (Å²) in [6.07, 6.45) is 2.41. The van der Waals surface area contributed by atoms with Gasteiger partial charge in [-0.3, -0.25) is 0 Å². The number of carbonyl (C=O) groups is 1. The lowest BCUT2D eigenvalue weighted by Gasteiger charge is -2.44. The largest absolute Gasteiger partial charge is 0.477 e. The van der Waals surface area contributed by atoms with Crippen molar-refractivity contribution in [2.75, 3.05) is 35.7 Å². The van der Waals surface area contributed by atoms with Crippen LogP contribution in [0, 0.1) is 11.7 Å². The van der Waals surface area contributed by atoms with Crippen LogP contribution in [0.15, 0.2) is 35.4 Å². The van der Waals surface area contributed by atoms with Crippen LogP contribution in [0.2, 0.25) is 0 Å². The zero-order chi connectivity index (χ0) is 21.3. The first-order chi connectivity index (χ1) is 13.6. The molecule has 1 atom stereocenters. The van der Waals surface area contributed by atoms with Gasteiger partial charge in [-0.15, -0.1) is 0 Å². The number of aromatic nitrogens is 2. The molecule has 0 spiro atoms. The standard InChI is InChI=1S/C19H23FN4O4S/c1-12(2)16-11-23(13-4-5-14(20)17(10-13)29(3,27)28)8-9-24(16)19-21-7-6-15(22-19)18(25)26/h4-7,10,12,16H,8-9,11H2,1-3H3,(H,25,26). The summed E-state index contributed by atoms with van der Waals surface area (Å²) in [5.41, 5.74) is 0.550. The monoisotopic (exact) mass is 422 g/mol. The molecular weight excluding hydrogens is 399 g/mol. The molecule has 0 bridgehead atoms. The van der Waals surface area contributed by atoms with E-state index in [-0.39, 0.29) is 22.5 Å². The number of benzene rings is 1. The van der Waals surface area contributed by atoms with Gasteiger partial charge in [0.2, 0.25) is 5.95 Å². The highest BCUT2D eigenvalue weighted by molar-refractivity contribution is 7.90. The maximum Gasteiger partial charge on any atom is 0.354 e. The van der Waals surface area contributed by atoms with Gasteiger partial charge in [0.05, 0.1) is 6.04 Å². The molecule has 1 saturated heterocycles. The number of hydrogen-bond acceptors (Lipinski definition) is 7. The molecule has 1 aromatic carbocycles. The van der Waals surface area contributed by atoms with Gasteiger partial charge in [0, 0.05) is 37.8 Å². The lowest BCUT2D eigenvalue weighted by Crippen LogP contribution is -2.56. The zero-order valence-corrected chi connectivity index (χ0v) is 17.2. The van der Waals surface area contributed by atoms with E-state index < -0.39 is 21.6 Å². The van der Waals surface area contributed by atoms with Gasteiger partial charge in [0.1, 0.15) is 10.7 Å². The second-order valence-corrected chi connectivity index (χ2v) is 9.37. The summed E-state index contributed by atoms with van der Waals surface area (Å²) in [5.74, 6) is -1.36. The average Bonchev–Trinajstić information content (AvgIpc) is 2.67. The highest BCUT2D eigenvalue weighted by Crippen LogP contribution is 2.28. The first kappa shape index (κ1) is 21.0.